The molecule has 20 heavy (non-hydrogen) atoms. The maximum atomic E-state index is 12.8. The second kappa shape index (κ2) is 4.16. The van der Waals surface area contributed by atoms with Gasteiger partial charge in [0.1, 0.15) is 0 Å². The zero-order valence-electron chi connectivity index (χ0n) is 11.3. The minimum Gasteiger partial charge on any atom is -0.332 e. The largest absolute Gasteiger partial charge is 0.332 e. The normalized spacial score (nSPS) is 27.6. The van der Waals surface area contributed by atoms with Crippen molar-refractivity contribution < 1.29 is 0 Å². The van der Waals surface area contributed by atoms with Gasteiger partial charge in [0.25, 0.3) is 5.56 Å². The van der Waals surface area contributed by atoms with Crippen LogP contribution in [0.5, 0.6) is 0 Å². The summed E-state index contributed by atoms with van der Waals surface area (Å²) in [6.07, 6.45) is 6.73. The Morgan fingerprint density at radius 1 is 1.30 bits per heavy atom. The molecule has 0 aliphatic heterocycles. The van der Waals surface area contributed by atoms with Gasteiger partial charge in [-0.3, -0.25) is 9.36 Å². The van der Waals surface area contributed by atoms with Crippen LogP contribution < -0.4 is 5.56 Å². The molecule has 2 aliphatic carbocycles. The van der Waals surface area contributed by atoms with E-state index in [1.165, 1.54) is 0 Å². The van der Waals surface area contributed by atoms with Gasteiger partial charge in [-0.25, -0.2) is 0 Å². The fourth-order valence-corrected chi connectivity index (χ4v) is 4.02. The van der Waals surface area contributed by atoms with Crippen molar-refractivity contribution in [1.82, 2.24) is 9.55 Å². The van der Waals surface area contributed by atoms with Crippen LogP contribution in [-0.4, -0.2) is 9.55 Å². The van der Waals surface area contributed by atoms with E-state index in [-0.39, 0.29) is 11.6 Å². The molecule has 2 aliphatic rings. The van der Waals surface area contributed by atoms with Gasteiger partial charge in [-0.2, -0.15) is 0 Å². The number of benzene rings is 1. The molecule has 1 aromatic carbocycles. The number of nitrogens with zero attached hydrogens (tertiary/aromatic N) is 1. The lowest BCUT2D eigenvalue weighted by molar-refractivity contribution is 0.414. The number of hydrogen-bond acceptors (Lipinski definition) is 2. The highest BCUT2D eigenvalue weighted by atomic mass is 32.1. The summed E-state index contributed by atoms with van der Waals surface area (Å²) >= 11 is 5.44. The van der Waals surface area contributed by atoms with E-state index < -0.39 is 0 Å². The molecule has 2 aromatic rings. The summed E-state index contributed by atoms with van der Waals surface area (Å²) in [6, 6.07) is 6.11. The van der Waals surface area contributed by atoms with Gasteiger partial charge in [-0.1, -0.05) is 23.8 Å². The Balaban J connectivity index is 1.98. The van der Waals surface area contributed by atoms with Crippen LogP contribution in [0.2, 0.25) is 0 Å². The Morgan fingerprint density at radius 2 is 2.15 bits per heavy atom. The Bertz CT molecular complexity index is 846. The summed E-state index contributed by atoms with van der Waals surface area (Å²) in [5.74, 6) is 1.09. The van der Waals surface area contributed by atoms with E-state index in [1.54, 1.807) is 0 Å². The standard InChI is InChI=1S/C16H16N2OS/c1-9-2-5-13-12(6-9)15(19)18(16(20)17-13)14-8-10-3-4-11(14)7-10/h2-6,10-11,14H,7-8H2,1H3,(H,17,20)/t10-,11+,14+/m0/s1. The van der Waals surface area contributed by atoms with Gasteiger partial charge >= 0.3 is 0 Å². The number of aromatic nitrogens is 2. The van der Waals surface area contributed by atoms with Gasteiger partial charge in [0.2, 0.25) is 0 Å². The number of aryl methyl sites for hydroxylation is 1. The number of allylic oxidation sites excluding steroid dienone is 2. The first-order valence-corrected chi connectivity index (χ1v) is 7.48. The van der Waals surface area contributed by atoms with Crippen LogP contribution in [0.1, 0.15) is 24.4 Å². The van der Waals surface area contributed by atoms with Crippen molar-refractivity contribution in [2.24, 2.45) is 11.8 Å². The third-order valence-electron chi connectivity index (χ3n) is 4.66. The summed E-state index contributed by atoms with van der Waals surface area (Å²) in [5, 5.41) is 0.741. The predicted octanol–water partition coefficient (Wildman–Crippen LogP) is 3.50. The van der Waals surface area contributed by atoms with E-state index in [1.807, 2.05) is 29.7 Å². The SMILES string of the molecule is Cc1ccc2[nH]c(=S)n([C@@H]3C[C@H]4C=C[C@@H]3C4)c(=O)c2c1. The average molecular weight is 284 g/mol. The third kappa shape index (κ3) is 1.64. The van der Waals surface area contributed by atoms with Gasteiger partial charge in [0, 0.05) is 6.04 Å². The molecule has 0 spiro atoms. The van der Waals surface area contributed by atoms with Crippen LogP contribution in [-0.2, 0) is 0 Å². The first kappa shape index (κ1) is 12.1. The molecule has 1 saturated carbocycles. The second-order valence-electron chi connectivity index (χ2n) is 6.00. The minimum atomic E-state index is 0.0541. The summed E-state index contributed by atoms with van der Waals surface area (Å²) in [5.41, 5.74) is 1.98. The van der Waals surface area contributed by atoms with Crippen LogP contribution >= 0.6 is 12.2 Å². The van der Waals surface area contributed by atoms with Gasteiger partial charge in [0.15, 0.2) is 4.77 Å². The lowest BCUT2D eigenvalue weighted by atomic mass is 10.0. The van der Waals surface area contributed by atoms with Crippen LogP contribution in [0.4, 0.5) is 0 Å². The van der Waals surface area contributed by atoms with Crippen LogP contribution in [0, 0.1) is 23.5 Å². The second-order valence-corrected chi connectivity index (χ2v) is 6.39. The molecule has 1 heterocycles. The monoisotopic (exact) mass is 284 g/mol. The lowest BCUT2D eigenvalue weighted by Crippen LogP contribution is -2.28. The van der Waals surface area contributed by atoms with Crippen molar-refractivity contribution in [3.63, 3.8) is 0 Å². The third-order valence-corrected chi connectivity index (χ3v) is 4.96. The summed E-state index contributed by atoms with van der Waals surface area (Å²) in [6.45, 7) is 2.01. The summed E-state index contributed by atoms with van der Waals surface area (Å²) < 4.78 is 2.36. The van der Waals surface area contributed by atoms with Crippen molar-refractivity contribution in [3.05, 3.63) is 51.0 Å². The van der Waals surface area contributed by atoms with Crippen molar-refractivity contribution >= 4 is 23.1 Å². The quantitative estimate of drug-likeness (QED) is 0.643. The number of nitrogens with one attached hydrogen (secondary N) is 1. The van der Waals surface area contributed by atoms with Crippen molar-refractivity contribution in [3.8, 4) is 0 Å². The number of aromatic amines is 1. The average Bonchev–Trinajstić information content (AvgIpc) is 3.02. The van der Waals surface area contributed by atoms with E-state index in [2.05, 4.69) is 17.1 Å². The molecule has 2 bridgehead atoms. The zero-order valence-corrected chi connectivity index (χ0v) is 12.1. The van der Waals surface area contributed by atoms with E-state index in [0.29, 0.717) is 16.6 Å². The molecule has 4 rings (SSSR count). The highest BCUT2D eigenvalue weighted by Crippen LogP contribution is 2.45. The Labute approximate surface area is 122 Å². The maximum Gasteiger partial charge on any atom is 0.262 e. The van der Waals surface area contributed by atoms with Gasteiger partial charge in [-0.05, 0) is 56.0 Å². The van der Waals surface area contributed by atoms with Crippen LogP contribution in [0.15, 0.2) is 35.1 Å². The zero-order chi connectivity index (χ0) is 13.9. The van der Waals surface area contributed by atoms with Crippen molar-refractivity contribution in [2.45, 2.75) is 25.8 Å². The molecule has 4 heteroatoms. The number of H-pyrrole nitrogens is 1. The number of hydrogen-bond donors (Lipinski definition) is 1. The highest BCUT2D eigenvalue weighted by molar-refractivity contribution is 7.71. The van der Waals surface area contributed by atoms with Gasteiger partial charge in [0.05, 0.1) is 10.9 Å². The van der Waals surface area contributed by atoms with Crippen molar-refractivity contribution in [2.75, 3.05) is 0 Å². The first-order valence-electron chi connectivity index (χ1n) is 7.07. The Hall–Kier alpha value is -1.68. The smallest absolute Gasteiger partial charge is 0.262 e. The highest BCUT2D eigenvalue weighted by Gasteiger charge is 2.37. The predicted molar refractivity (Wildman–Crippen MR) is 82.5 cm³/mol. The molecule has 0 amide bonds. The molecule has 0 unspecified atom stereocenters. The fraction of sp³-hybridized carbons (Fsp3) is 0.375. The van der Waals surface area contributed by atoms with E-state index in [9.17, 15) is 4.79 Å². The van der Waals surface area contributed by atoms with Crippen LogP contribution in [0.25, 0.3) is 10.9 Å². The molecular weight excluding hydrogens is 268 g/mol. The molecule has 0 radical (unpaired) electrons. The minimum absolute atomic E-state index is 0.0541. The molecule has 102 valence electrons. The molecule has 1 fully saturated rings. The number of rotatable bonds is 1. The van der Waals surface area contributed by atoms with E-state index in [0.717, 1.165) is 29.3 Å². The molecule has 3 atom stereocenters. The van der Waals surface area contributed by atoms with Gasteiger partial charge in [-0.15, -0.1) is 0 Å². The lowest BCUT2D eigenvalue weighted by Gasteiger charge is -2.21. The Kier molecular flexibility index (Phi) is 2.51. The first-order chi connectivity index (χ1) is 9.63. The topological polar surface area (TPSA) is 37.8 Å². The maximum absolute atomic E-state index is 12.8. The Morgan fingerprint density at radius 3 is 2.85 bits per heavy atom. The molecule has 1 aromatic heterocycles. The fourth-order valence-electron chi connectivity index (χ4n) is 3.69. The summed E-state index contributed by atoms with van der Waals surface area (Å²) in [4.78, 5) is 16.0. The molecular formula is C16H16N2OS. The van der Waals surface area contributed by atoms with E-state index in [4.69, 9.17) is 12.2 Å². The van der Waals surface area contributed by atoms with Crippen molar-refractivity contribution in [1.29, 1.82) is 0 Å². The molecule has 1 N–H and O–H groups in total. The van der Waals surface area contributed by atoms with Gasteiger partial charge < -0.3 is 4.98 Å². The molecule has 0 saturated heterocycles. The molecule has 3 nitrogen and oxygen atoms in total. The summed E-state index contributed by atoms with van der Waals surface area (Å²) in [7, 11) is 0. The number of fused-ring (bicyclic) bond motifs is 3. The van der Waals surface area contributed by atoms with E-state index >= 15 is 0 Å². The van der Waals surface area contributed by atoms with Crippen LogP contribution in [0.3, 0.4) is 0 Å².